The van der Waals surface area contributed by atoms with E-state index in [1.807, 2.05) is 6.92 Å². The van der Waals surface area contributed by atoms with Gasteiger partial charge >= 0.3 is 5.97 Å². The Morgan fingerprint density at radius 2 is 1.96 bits per heavy atom. The van der Waals surface area contributed by atoms with Gasteiger partial charge in [-0.25, -0.2) is 4.79 Å². The summed E-state index contributed by atoms with van der Waals surface area (Å²) in [6, 6.07) is 13.5. The molecule has 1 N–H and O–H groups in total. The summed E-state index contributed by atoms with van der Waals surface area (Å²) >= 11 is 0. The van der Waals surface area contributed by atoms with E-state index in [-0.39, 0.29) is 25.5 Å². The number of benzene rings is 2. The molecule has 2 aromatic carbocycles. The SMILES string of the molecule is Cc1cc(Oc2ccc(CC(=O)N3CCOCC3C(=O)O)cc2)ccc1C#N. The third-order valence-electron chi connectivity index (χ3n) is 4.57. The van der Waals surface area contributed by atoms with E-state index in [0.717, 1.165) is 11.1 Å². The second kappa shape index (κ2) is 8.55. The van der Waals surface area contributed by atoms with Crippen LogP contribution in [-0.2, 0) is 20.7 Å². The highest BCUT2D eigenvalue weighted by molar-refractivity contribution is 5.85. The number of hydrogen-bond acceptors (Lipinski definition) is 5. The van der Waals surface area contributed by atoms with Gasteiger partial charge in [0.15, 0.2) is 6.04 Å². The molecule has 7 nitrogen and oxygen atoms in total. The lowest BCUT2D eigenvalue weighted by Crippen LogP contribution is -2.53. The van der Waals surface area contributed by atoms with E-state index < -0.39 is 12.0 Å². The number of hydrogen-bond donors (Lipinski definition) is 1. The number of ether oxygens (including phenoxy) is 2. The van der Waals surface area contributed by atoms with Crippen molar-refractivity contribution in [3.8, 4) is 17.6 Å². The molecule has 0 aliphatic carbocycles. The van der Waals surface area contributed by atoms with Crippen LogP contribution in [0.3, 0.4) is 0 Å². The van der Waals surface area contributed by atoms with Crippen LogP contribution >= 0.6 is 0 Å². The number of rotatable bonds is 5. The molecule has 1 amide bonds. The normalized spacial score (nSPS) is 16.3. The molecule has 1 unspecified atom stereocenters. The fourth-order valence-corrected chi connectivity index (χ4v) is 3.02. The van der Waals surface area contributed by atoms with Crippen molar-refractivity contribution in [3.63, 3.8) is 0 Å². The number of morpholine rings is 1. The molecule has 3 rings (SSSR count). The lowest BCUT2D eigenvalue weighted by Gasteiger charge is -2.32. The Hall–Kier alpha value is -3.37. The third-order valence-corrected chi connectivity index (χ3v) is 4.57. The monoisotopic (exact) mass is 380 g/mol. The van der Waals surface area contributed by atoms with E-state index in [1.165, 1.54) is 4.90 Å². The molecule has 0 aromatic heterocycles. The third kappa shape index (κ3) is 4.48. The van der Waals surface area contributed by atoms with E-state index in [1.54, 1.807) is 42.5 Å². The maximum absolute atomic E-state index is 12.5. The van der Waals surface area contributed by atoms with Crippen molar-refractivity contribution >= 4 is 11.9 Å². The van der Waals surface area contributed by atoms with Gasteiger partial charge in [-0.2, -0.15) is 5.26 Å². The molecule has 1 fully saturated rings. The first-order valence-corrected chi connectivity index (χ1v) is 8.85. The van der Waals surface area contributed by atoms with Gasteiger partial charge in [-0.15, -0.1) is 0 Å². The maximum atomic E-state index is 12.5. The molecule has 144 valence electrons. The van der Waals surface area contributed by atoms with Gasteiger partial charge in [0, 0.05) is 6.54 Å². The highest BCUT2D eigenvalue weighted by Crippen LogP contribution is 2.24. The van der Waals surface area contributed by atoms with Crippen molar-refractivity contribution in [1.82, 2.24) is 4.90 Å². The summed E-state index contributed by atoms with van der Waals surface area (Å²) in [5.41, 5.74) is 2.20. The zero-order chi connectivity index (χ0) is 20.1. The molecule has 28 heavy (non-hydrogen) atoms. The second-order valence-electron chi connectivity index (χ2n) is 6.53. The van der Waals surface area contributed by atoms with Crippen molar-refractivity contribution in [2.45, 2.75) is 19.4 Å². The maximum Gasteiger partial charge on any atom is 0.328 e. The minimum absolute atomic E-state index is 0.0118. The number of carbonyl (C=O) groups excluding carboxylic acids is 1. The topological polar surface area (TPSA) is 99.9 Å². The molecule has 1 saturated heterocycles. The summed E-state index contributed by atoms with van der Waals surface area (Å²) in [7, 11) is 0. The van der Waals surface area contributed by atoms with Crippen LogP contribution in [0.15, 0.2) is 42.5 Å². The van der Waals surface area contributed by atoms with Crippen LogP contribution in [0.1, 0.15) is 16.7 Å². The molecule has 0 radical (unpaired) electrons. The fraction of sp³-hybridized carbons (Fsp3) is 0.286. The van der Waals surface area contributed by atoms with Crippen LogP contribution in [0.25, 0.3) is 0 Å². The average Bonchev–Trinajstić information content (AvgIpc) is 2.69. The van der Waals surface area contributed by atoms with Crippen LogP contribution in [0.5, 0.6) is 11.5 Å². The Bertz CT molecular complexity index is 917. The zero-order valence-electron chi connectivity index (χ0n) is 15.4. The first-order valence-electron chi connectivity index (χ1n) is 8.85. The lowest BCUT2D eigenvalue weighted by atomic mass is 10.1. The van der Waals surface area contributed by atoms with E-state index in [2.05, 4.69) is 6.07 Å². The van der Waals surface area contributed by atoms with Crippen molar-refractivity contribution in [3.05, 3.63) is 59.2 Å². The second-order valence-corrected chi connectivity index (χ2v) is 6.53. The van der Waals surface area contributed by atoms with Gasteiger partial charge in [0.05, 0.1) is 31.3 Å². The molecular formula is C21H20N2O5. The smallest absolute Gasteiger partial charge is 0.328 e. The number of amides is 1. The Balaban J connectivity index is 1.64. The first kappa shape index (κ1) is 19.4. The quantitative estimate of drug-likeness (QED) is 0.856. The number of carboxylic acid groups (broad SMARTS) is 1. The molecule has 2 aromatic rings. The minimum Gasteiger partial charge on any atom is -0.480 e. The molecular weight excluding hydrogens is 360 g/mol. The number of nitrogens with zero attached hydrogens (tertiary/aromatic N) is 2. The van der Waals surface area contributed by atoms with Crippen LogP contribution in [0.2, 0.25) is 0 Å². The van der Waals surface area contributed by atoms with E-state index in [0.29, 0.717) is 23.7 Å². The van der Waals surface area contributed by atoms with Crippen LogP contribution < -0.4 is 4.74 Å². The number of aliphatic carboxylic acids is 1. The van der Waals surface area contributed by atoms with Crippen molar-refractivity contribution in [1.29, 1.82) is 5.26 Å². The predicted molar refractivity (Wildman–Crippen MR) is 100 cm³/mol. The summed E-state index contributed by atoms with van der Waals surface area (Å²) in [5, 5.41) is 18.2. The standard InChI is InChI=1S/C21H20N2O5/c1-14-10-18(7-4-16(14)12-22)28-17-5-2-15(3-6-17)11-20(24)23-8-9-27-13-19(23)21(25)26/h2-7,10,19H,8-9,11,13H2,1H3,(H,25,26). The molecule has 1 aliphatic heterocycles. The summed E-state index contributed by atoms with van der Waals surface area (Å²) in [6.07, 6.45) is 0.111. The van der Waals surface area contributed by atoms with Crippen molar-refractivity contribution in [2.24, 2.45) is 0 Å². The first-order chi connectivity index (χ1) is 13.5. The molecule has 1 heterocycles. The van der Waals surface area contributed by atoms with Gasteiger partial charge in [0.2, 0.25) is 5.91 Å². The zero-order valence-corrected chi connectivity index (χ0v) is 15.4. The number of aryl methyl sites for hydroxylation is 1. The fourth-order valence-electron chi connectivity index (χ4n) is 3.02. The van der Waals surface area contributed by atoms with Crippen LogP contribution in [0, 0.1) is 18.3 Å². The van der Waals surface area contributed by atoms with E-state index in [9.17, 15) is 14.7 Å². The minimum atomic E-state index is -1.06. The number of nitriles is 1. The summed E-state index contributed by atoms with van der Waals surface area (Å²) in [5.74, 6) is -0.0744. The highest BCUT2D eigenvalue weighted by Gasteiger charge is 2.32. The Labute approximate surface area is 162 Å². The Morgan fingerprint density at radius 3 is 2.61 bits per heavy atom. The van der Waals surface area contributed by atoms with E-state index >= 15 is 0 Å². The molecule has 1 atom stereocenters. The Morgan fingerprint density at radius 1 is 1.25 bits per heavy atom. The number of carbonyl (C=O) groups is 2. The predicted octanol–water partition coefficient (Wildman–Crippen LogP) is 2.51. The summed E-state index contributed by atoms with van der Waals surface area (Å²) in [4.78, 5) is 25.2. The molecule has 0 saturated carbocycles. The Kier molecular flexibility index (Phi) is 5.92. The van der Waals surface area contributed by atoms with Gasteiger partial charge in [0.25, 0.3) is 0 Å². The van der Waals surface area contributed by atoms with E-state index in [4.69, 9.17) is 14.7 Å². The largest absolute Gasteiger partial charge is 0.480 e. The van der Waals surface area contributed by atoms with Crippen LogP contribution in [-0.4, -0.2) is 47.7 Å². The molecule has 0 spiro atoms. The lowest BCUT2D eigenvalue weighted by molar-refractivity contribution is -0.158. The van der Waals surface area contributed by atoms with Gasteiger partial charge in [-0.1, -0.05) is 12.1 Å². The summed E-state index contributed by atoms with van der Waals surface area (Å²) in [6.45, 7) is 2.47. The molecule has 1 aliphatic rings. The van der Waals surface area contributed by atoms with Gasteiger partial charge < -0.3 is 19.5 Å². The van der Waals surface area contributed by atoms with Crippen molar-refractivity contribution < 1.29 is 24.2 Å². The highest BCUT2D eigenvalue weighted by atomic mass is 16.5. The van der Waals surface area contributed by atoms with Gasteiger partial charge in [-0.3, -0.25) is 4.79 Å². The van der Waals surface area contributed by atoms with Gasteiger partial charge in [0.1, 0.15) is 11.5 Å². The number of carboxylic acids is 1. The van der Waals surface area contributed by atoms with Gasteiger partial charge in [-0.05, 0) is 48.4 Å². The molecule has 7 heteroatoms. The average molecular weight is 380 g/mol. The van der Waals surface area contributed by atoms with Crippen molar-refractivity contribution in [2.75, 3.05) is 19.8 Å². The van der Waals surface area contributed by atoms with Crippen LogP contribution in [0.4, 0.5) is 0 Å². The molecule has 0 bridgehead atoms. The summed E-state index contributed by atoms with van der Waals surface area (Å²) < 4.78 is 10.9.